The van der Waals surface area contributed by atoms with Crippen LogP contribution in [0.2, 0.25) is 0 Å². The van der Waals surface area contributed by atoms with Gasteiger partial charge in [-0.25, -0.2) is 0 Å². The van der Waals surface area contributed by atoms with Gasteiger partial charge in [-0.15, -0.1) is 0 Å². The highest BCUT2D eigenvalue weighted by molar-refractivity contribution is 5.81. The van der Waals surface area contributed by atoms with Crippen molar-refractivity contribution in [1.29, 1.82) is 0 Å². The third-order valence-electron chi connectivity index (χ3n) is 2.36. The molecule has 82 valence electrons. The molecule has 1 heterocycles. The monoisotopic (exact) mass is 202 g/mol. The maximum absolute atomic E-state index is 11.5. The molecule has 1 amide bonds. The molecule has 0 aliphatic carbocycles. The van der Waals surface area contributed by atoms with E-state index >= 15 is 0 Å². The van der Waals surface area contributed by atoms with Crippen LogP contribution in [0.15, 0.2) is 0 Å². The minimum atomic E-state index is -0.530. The molecule has 0 aromatic heterocycles. The number of carbonyl (C=O) groups excluding carboxylic acids is 1. The standard InChI is InChI=1S/C9H18N2O3/c1-13-8(6-10)9(12)11-7-2-4-14-5-3-7/h7-8H,2-6,10H2,1H3,(H,11,12). The normalized spacial score (nSPS) is 20.4. The van der Waals surface area contributed by atoms with Crippen molar-refractivity contribution in [2.75, 3.05) is 26.9 Å². The summed E-state index contributed by atoms with van der Waals surface area (Å²) >= 11 is 0. The molecular weight excluding hydrogens is 184 g/mol. The number of methoxy groups -OCH3 is 1. The van der Waals surface area contributed by atoms with Gasteiger partial charge in [0.05, 0.1) is 0 Å². The van der Waals surface area contributed by atoms with Gasteiger partial charge in [0, 0.05) is 32.9 Å². The highest BCUT2D eigenvalue weighted by Crippen LogP contribution is 2.06. The Hall–Kier alpha value is -0.650. The number of amides is 1. The first kappa shape index (κ1) is 11.4. The number of ether oxygens (including phenoxy) is 2. The fourth-order valence-electron chi connectivity index (χ4n) is 1.45. The highest BCUT2D eigenvalue weighted by Gasteiger charge is 2.21. The summed E-state index contributed by atoms with van der Waals surface area (Å²) in [5, 5.41) is 2.90. The second-order valence-electron chi connectivity index (χ2n) is 3.36. The maximum Gasteiger partial charge on any atom is 0.250 e. The predicted molar refractivity (Wildman–Crippen MR) is 51.8 cm³/mol. The first-order chi connectivity index (χ1) is 6.77. The van der Waals surface area contributed by atoms with Gasteiger partial charge < -0.3 is 20.5 Å². The first-order valence-electron chi connectivity index (χ1n) is 4.89. The molecule has 1 aliphatic heterocycles. The van der Waals surface area contributed by atoms with Crippen LogP contribution < -0.4 is 11.1 Å². The molecule has 1 unspecified atom stereocenters. The topological polar surface area (TPSA) is 73.6 Å². The largest absolute Gasteiger partial charge is 0.381 e. The number of nitrogens with two attached hydrogens (primary N) is 1. The molecule has 1 aliphatic rings. The van der Waals surface area contributed by atoms with E-state index in [1.807, 2.05) is 0 Å². The molecule has 0 radical (unpaired) electrons. The Balaban J connectivity index is 2.30. The smallest absolute Gasteiger partial charge is 0.250 e. The summed E-state index contributed by atoms with van der Waals surface area (Å²) in [5.74, 6) is -0.123. The zero-order chi connectivity index (χ0) is 10.4. The van der Waals surface area contributed by atoms with Gasteiger partial charge in [0.15, 0.2) is 0 Å². The number of nitrogens with one attached hydrogen (secondary N) is 1. The third kappa shape index (κ3) is 3.25. The molecule has 1 rings (SSSR count). The number of hydrogen-bond donors (Lipinski definition) is 2. The zero-order valence-electron chi connectivity index (χ0n) is 8.49. The van der Waals surface area contributed by atoms with Crippen LogP contribution in [0.1, 0.15) is 12.8 Å². The van der Waals surface area contributed by atoms with Gasteiger partial charge in [-0.2, -0.15) is 0 Å². The Morgan fingerprint density at radius 2 is 2.29 bits per heavy atom. The van der Waals surface area contributed by atoms with Crippen molar-refractivity contribution in [1.82, 2.24) is 5.32 Å². The zero-order valence-corrected chi connectivity index (χ0v) is 8.49. The molecule has 1 atom stereocenters. The summed E-state index contributed by atoms with van der Waals surface area (Å²) in [6, 6.07) is 0.209. The lowest BCUT2D eigenvalue weighted by Crippen LogP contribution is -2.46. The average molecular weight is 202 g/mol. The van der Waals surface area contributed by atoms with Crippen molar-refractivity contribution in [2.24, 2.45) is 5.73 Å². The van der Waals surface area contributed by atoms with Crippen LogP contribution in [-0.4, -0.2) is 44.9 Å². The van der Waals surface area contributed by atoms with Gasteiger partial charge in [-0.05, 0) is 12.8 Å². The summed E-state index contributed by atoms with van der Waals surface area (Å²) in [7, 11) is 1.49. The molecule has 0 spiro atoms. The average Bonchev–Trinajstić information content (AvgIpc) is 2.21. The molecule has 3 N–H and O–H groups in total. The van der Waals surface area contributed by atoms with E-state index in [1.54, 1.807) is 0 Å². The van der Waals surface area contributed by atoms with E-state index in [4.69, 9.17) is 15.2 Å². The van der Waals surface area contributed by atoms with Gasteiger partial charge in [-0.1, -0.05) is 0 Å². The molecule has 0 saturated carbocycles. The minimum Gasteiger partial charge on any atom is -0.381 e. The number of hydrogen-bond acceptors (Lipinski definition) is 4. The summed E-state index contributed by atoms with van der Waals surface area (Å²) in [6.45, 7) is 1.64. The Bertz CT molecular complexity index is 177. The third-order valence-corrected chi connectivity index (χ3v) is 2.36. The number of carbonyl (C=O) groups is 1. The van der Waals surface area contributed by atoms with Crippen molar-refractivity contribution in [3.8, 4) is 0 Å². The van der Waals surface area contributed by atoms with E-state index in [9.17, 15) is 4.79 Å². The van der Waals surface area contributed by atoms with Crippen LogP contribution in [0.4, 0.5) is 0 Å². The lowest BCUT2D eigenvalue weighted by atomic mass is 10.1. The Morgan fingerprint density at radius 1 is 1.64 bits per heavy atom. The van der Waals surface area contributed by atoms with Gasteiger partial charge in [0.25, 0.3) is 5.91 Å². The quantitative estimate of drug-likeness (QED) is 0.629. The molecule has 0 bridgehead atoms. The molecule has 1 saturated heterocycles. The van der Waals surface area contributed by atoms with Gasteiger partial charge >= 0.3 is 0 Å². The summed E-state index contributed by atoms with van der Waals surface area (Å²) in [6.07, 6.45) is 1.21. The van der Waals surface area contributed by atoms with E-state index in [-0.39, 0.29) is 18.5 Å². The van der Waals surface area contributed by atoms with Crippen LogP contribution in [0, 0.1) is 0 Å². The van der Waals surface area contributed by atoms with Gasteiger partial charge in [-0.3, -0.25) is 4.79 Å². The molecule has 5 heteroatoms. The summed E-state index contributed by atoms with van der Waals surface area (Å²) < 4.78 is 10.1. The molecule has 0 aromatic carbocycles. The molecule has 0 aromatic rings. The van der Waals surface area contributed by atoms with E-state index in [2.05, 4.69) is 5.32 Å². The van der Waals surface area contributed by atoms with Crippen molar-refractivity contribution >= 4 is 5.91 Å². The van der Waals surface area contributed by atoms with Crippen LogP contribution in [0.3, 0.4) is 0 Å². The van der Waals surface area contributed by atoms with Crippen molar-refractivity contribution in [2.45, 2.75) is 25.0 Å². The summed E-state index contributed by atoms with van der Waals surface area (Å²) in [4.78, 5) is 11.5. The molecule has 5 nitrogen and oxygen atoms in total. The van der Waals surface area contributed by atoms with E-state index < -0.39 is 6.10 Å². The Labute approximate surface area is 83.9 Å². The summed E-state index contributed by atoms with van der Waals surface area (Å²) in [5.41, 5.74) is 5.38. The second-order valence-corrected chi connectivity index (χ2v) is 3.36. The predicted octanol–water partition coefficient (Wildman–Crippen LogP) is -0.745. The minimum absolute atomic E-state index is 0.123. The molecule has 14 heavy (non-hydrogen) atoms. The van der Waals surface area contributed by atoms with Crippen LogP contribution in [0.5, 0.6) is 0 Å². The van der Waals surface area contributed by atoms with E-state index in [1.165, 1.54) is 7.11 Å². The lowest BCUT2D eigenvalue weighted by molar-refractivity contribution is -0.131. The SMILES string of the molecule is COC(CN)C(=O)NC1CCOCC1. The second kappa shape index (κ2) is 5.95. The number of rotatable bonds is 4. The fourth-order valence-corrected chi connectivity index (χ4v) is 1.45. The highest BCUT2D eigenvalue weighted by atomic mass is 16.5. The Kier molecular flexibility index (Phi) is 4.86. The van der Waals surface area contributed by atoms with Crippen molar-refractivity contribution in [3.05, 3.63) is 0 Å². The van der Waals surface area contributed by atoms with Crippen LogP contribution in [-0.2, 0) is 14.3 Å². The van der Waals surface area contributed by atoms with Gasteiger partial charge in [0.1, 0.15) is 6.10 Å². The Morgan fingerprint density at radius 3 is 2.79 bits per heavy atom. The maximum atomic E-state index is 11.5. The van der Waals surface area contributed by atoms with Gasteiger partial charge in [0.2, 0.25) is 0 Å². The molecular formula is C9H18N2O3. The van der Waals surface area contributed by atoms with Crippen molar-refractivity contribution < 1.29 is 14.3 Å². The van der Waals surface area contributed by atoms with E-state index in [0.29, 0.717) is 13.2 Å². The van der Waals surface area contributed by atoms with E-state index in [0.717, 1.165) is 12.8 Å². The lowest BCUT2D eigenvalue weighted by Gasteiger charge is -2.24. The first-order valence-corrected chi connectivity index (χ1v) is 4.89. The van der Waals surface area contributed by atoms with Crippen LogP contribution >= 0.6 is 0 Å². The van der Waals surface area contributed by atoms with Crippen LogP contribution in [0.25, 0.3) is 0 Å². The van der Waals surface area contributed by atoms with Crippen molar-refractivity contribution in [3.63, 3.8) is 0 Å². The molecule has 1 fully saturated rings. The fraction of sp³-hybridized carbons (Fsp3) is 0.889.